The second kappa shape index (κ2) is 7.41. The molecule has 0 bridgehead atoms. The number of nitrogens with zero attached hydrogens (tertiary/aromatic N) is 3. The summed E-state index contributed by atoms with van der Waals surface area (Å²) in [5, 5.41) is 10.2. The molecule has 4 rings (SSSR count). The van der Waals surface area contributed by atoms with E-state index in [1.807, 2.05) is 12.1 Å². The predicted molar refractivity (Wildman–Crippen MR) is 106 cm³/mol. The Balaban J connectivity index is 1.58. The van der Waals surface area contributed by atoms with Crippen LogP contribution in [0.1, 0.15) is 6.42 Å². The van der Waals surface area contributed by atoms with Gasteiger partial charge in [0.25, 0.3) is 0 Å². The Hall–Kier alpha value is -3.05. The van der Waals surface area contributed by atoms with E-state index >= 15 is 0 Å². The summed E-state index contributed by atoms with van der Waals surface area (Å²) in [7, 11) is 1.56. The summed E-state index contributed by atoms with van der Waals surface area (Å²) in [5.41, 5.74) is -0.0933. The van der Waals surface area contributed by atoms with Crippen molar-refractivity contribution in [3.05, 3.63) is 52.3 Å². The second-order valence-electron chi connectivity index (χ2n) is 6.08. The zero-order chi connectivity index (χ0) is 20.7. The number of imide groups is 1. The third-order valence-electron chi connectivity index (χ3n) is 4.31. The fourth-order valence-electron chi connectivity index (χ4n) is 2.93. The molecule has 0 spiro atoms. The number of thioether (sulfide) groups is 1. The topological polar surface area (TPSA) is 103 Å². The van der Waals surface area contributed by atoms with E-state index in [-0.39, 0.29) is 12.1 Å². The molecule has 2 heterocycles. The highest BCUT2D eigenvalue weighted by molar-refractivity contribution is 8.02. The molecular formula is C18H12FN3O5S2. The Morgan fingerprint density at radius 3 is 2.83 bits per heavy atom. The average Bonchev–Trinajstić information content (AvgIpc) is 3.21. The molecule has 0 unspecified atom stereocenters. The smallest absolute Gasteiger partial charge is 0.306 e. The van der Waals surface area contributed by atoms with Gasteiger partial charge in [0.2, 0.25) is 17.6 Å². The molecule has 2 amide bonds. The number of methoxy groups -OCH3 is 1. The summed E-state index contributed by atoms with van der Waals surface area (Å²) >= 11 is 2.55. The number of ether oxygens (including phenoxy) is 1. The average molecular weight is 433 g/mol. The quantitative estimate of drug-likeness (QED) is 0.343. The lowest BCUT2D eigenvalue weighted by Gasteiger charge is -2.14. The van der Waals surface area contributed by atoms with Gasteiger partial charge in [-0.3, -0.25) is 19.7 Å². The van der Waals surface area contributed by atoms with Gasteiger partial charge in [-0.25, -0.2) is 9.88 Å². The van der Waals surface area contributed by atoms with E-state index in [1.54, 1.807) is 13.2 Å². The minimum atomic E-state index is -1.03. The monoisotopic (exact) mass is 433 g/mol. The summed E-state index contributed by atoms with van der Waals surface area (Å²) in [6, 6.07) is 8.39. The van der Waals surface area contributed by atoms with Gasteiger partial charge in [-0.05, 0) is 24.3 Å². The molecule has 2 aromatic carbocycles. The maximum Gasteiger partial charge on any atom is 0.306 e. The highest BCUT2D eigenvalue weighted by Crippen LogP contribution is 2.38. The highest BCUT2D eigenvalue weighted by Gasteiger charge is 2.41. The number of carbonyl (C=O) groups excluding carboxylic acids is 2. The Morgan fingerprint density at radius 2 is 2.10 bits per heavy atom. The van der Waals surface area contributed by atoms with Gasteiger partial charge in [0.15, 0.2) is 4.34 Å². The molecule has 0 radical (unpaired) electrons. The van der Waals surface area contributed by atoms with Crippen LogP contribution in [0.3, 0.4) is 0 Å². The van der Waals surface area contributed by atoms with Crippen LogP contribution in [0.15, 0.2) is 40.7 Å². The third kappa shape index (κ3) is 3.54. The fourth-order valence-corrected chi connectivity index (χ4v) is 5.25. The van der Waals surface area contributed by atoms with Crippen molar-refractivity contribution in [2.24, 2.45) is 0 Å². The van der Waals surface area contributed by atoms with Crippen LogP contribution in [0.5, 0.6) is 5.75 Å². The van der Waals surface area contributed by atoms with Crippen molar-refractivity contribution in [1.29, 1.82) is 0 Å². The number of nitro groups is 1. The van der Waals surface area contributed by atoms with E-state index < -0.39 is 33.5 Å². The van der Waals surface area contributed by atoms with Gasteiger partial charge in [0, 0.05) is 18.6 Å². The van der Waals surface area contributed by atoms with E-state index in [1.165, 1.54) is 17.4 Å². The van der Waals surface area contributed by atoms with E-state index in [0.29, 0.717) is 10.1 Å². The van der Waals surface area contributed by atoms with Gasteiger partial charge < -0.3 is 4.74 Å². The van der Waals surface area contributed by atoms with Gasteiger partial charge >= 0.3 is 5.69 Å². The summed E-state index contributed by atoms with van der Waals surface area (Å²) < 4.78 is 20.3. The molecule has 11 heteroatoms. The van der Waals surface area contributed by atoms with Crippen LogP contribution >= 0.6 is 23.1 Å². The van der Waals surface area contributed by atoms with Gasteiger partial charge in [-0.1, -0.05) is 11.8 Å². The van der Waals surface area contributed by atoms with Crippen molar-refractivity contribution in [3.8, 4) is 5.75 Å². The molecule has 29 heavy (non-hydrogen) atoms. The van der Waals surface area contributed by atoms with Crippen LogP contribution in [-0.4, -0.2) is 34.1 Å². The van der Waals surface area contributed by atoms with Crippen molar-refractivity contribution in [1.82, 2.24) is 4.98 Å². The summed E-state index contributed by atoms with van der Waals surface area (Å²) in [4.78, 5) is 40.6. The van der Waals surface area contributed by atoms with Crippen LogP contribution in [0.4, 0.5) is 15.8 Å². The van der Waals surface area contributed by atoms with Crippen LogP contribution in [0.25, 0.3) is 10.2 Å². The molecule has 1 saturated heterocycles. The van der Waals surface area contributed by atoms with Crippen LogP contribution < -0.4 is 9.64 Å². The number of halogens is 1. The maximum absolute atomic E-state index is 13.6. The molecule has 1 aromatic heterocycles. The summed E-state index contributed by atoms with van der Waals surface area (Å²) in [6.07, 6.45) is -0.0755. The molecule has 1 atom stereocenters. The second-order valence-corrected chi connectivity index (χ2v) is 8.56. The minimum absolute atomic E-state index is 0.0229. The van der Waals surface area contributed by atoms with E-state index in [4.69, 9.17) is 4.74 Å². The number of thiazole rings is 1. The van der Waals surface area contributed by atoms with E-state index in [9.17, 15) is 24.1 Å². The molecule has 0 N–H and O–H groups in total. The first-order valence-electron chi connectivity index (χ1n) is 8.29. The predicted octanol–water partition coefficient (Wildman–Crippen LogP) is 3.78. The first-order chi connectivity index (χ1) is 13.9. The number of fused-ring (bicyclic) bond motifs is 1. The van der Waals surface area contributed by atoms with Crippen molar-refractivity contribution < 1.29 is 23.6 Å². The lowest BCUT2D eigenvalue weighted by atomic mass is 10.2. The van der Waals surface area contributed by atoms with Gasteiger partial charge in [-0.2, -0.15) is 4.39 Å². The number of amides is 2. The number of aromatic nitrogens is 1. The van der Waals surface area contributed by atoms with Crippen LogP contribution in [0.2, 0.25) is 0 Å². The maximum atomic E-state index is 13.6. The molecule has 0 aliphatic carbocycles. The van der Waals surface area contributed by atoms with E-state index in [0.717, 1.165) is 39.0 Å². The highest BCUT2D eigenvalue weighted by atomic mass is 32.2. The summed E-state index contributed by atoms with van der Waals surface area (Å²) in [6.45, 7) is 0. The Bertz CT molecular complexity index is 1170. The van der Waals surface area contributed by atoms with Crippen molar-refractivity contribution in [3.63, 3.8) is 0 Å². The number of rotatable bonds is 5. The largest absolute Gasteiger partial charge is 0.497 e. The van der Waals surface area contributed by atoms with Crippen molar-refractivity contribution in [2.75, 3.05) is 12.0 Å². The standard InChI is InChI=1S/C18H12FN3O5S2/c1-27-10-3-5-14-12(7-10)20-18(28-14)29-15-8-16(23)21(17(15)24)9-2-4-11(19)13(6-9)22(25)26/h2-7,15H,8H2,1H3/t15-/m1/s1. The molecule has 1 fully saturated rings. The Kier molecular flexibility index (Phi) is 4.92. The number of carbonyl (C=O) groups is 2. The third-order valence-corrected chi connectivity index (χ3v) is 6.62. The van der Waals surface area contributed by atoms with Crippen molar-refractivity contribution in [2.45, 2.75) is 16.0 Å². The van der Waals surface area contributed by atoms with E-state index in [2.05, 4.69) is 4.98 Å². The molecule has 0 saturated carbocycles. The van der Waals surface area contributed by atoms with Gasteiger partial charge in [0.1, 0.15) is 11.0 Å². The number of hydrogen-bond donors (Lipinski definition) is 0. The SMILES string of the molecule is COc1ccc2sc(S[C@@H]3CC(=O)N(c4ccc(F)c([N+](=O)[O-])c4)C3=O)nc2c1. The Morgan fingerprint density at radius 1 is 1.31 bits per heavy atom. The molecule has 148 valence electrons. The van der Waals surface area contributed by atoms with Crippen LogP contribution in [-0.2, 0) is 9.59 Å². The first-order valence-corrected chi connectivity index (χ1v) is 9.99. The number of hydrogen-bond acceptors (Lipinski definition) is 8. The molecule has 1 aliphatic rings. The molecule has 8 nitrogen and oxygen atoms in total. The lowest BCUT2D eigenvalue weighted by molar-refractivity contribution is -0.387. The lowest BCUT2D eigenvalue weighted by Crippen LogP contribution is -2.31. The van der Waals surface area contributed by atoms with Crippen molar-refractivity contribution >= 4 is 56.5 Å². The minimum Gasteiger partial charge on any atom is -0.497 e. The fraction of sp³-hybridized carbons (Fsp3) is 0.167. The number of nitro benzene ring substituents is 1. The number of anilines is 1. The first kappa shape index (κ1) is 19.3. The molecular weight excluding hydrogens is 421 g/mol. The zero-order valence-corrected chi connectivity index (χ0v) is 16.5. The number of benzene rings is 2. The molecule has 1 aliphatic heterocycles. The summed E-state index contributed by atoms with van der Waals surface area (Å²) in [5.74, 6) is -1.39. The Labute approximate surface area is 171 Å². The normalized spacial score (nSPS) is 16.6. The zero-order valence-electron chi connectivity index (χ0n) is 14.8. The molecule has 3 aromatic rings. The van der Waals surface area contributed by atoms with Gasteiger partial charge in [0.05, 0.1) is 27.9 Å². The van der Waals surface area contributed by atoms with Gasteiger partial charge in [-0.15, -0.1) is 11.3 Å². The van der Waals surface area contributed by atoms with Crippen LogP contribution in [0, 0.1) is 15.9 Å².